The molecule has 10 nitrogen and oxygen atoms in total. The molecule has 2 aliphatic carbocycles. The first-order chi connectivity index (χ1) is 24.3. The number of aliphatic hydroxyl groups excluding tert-OH is 4. The Morgan fingerprint density at radius 1 is 1.08 bits per heavy atom. The van der Waals surface area contributed by atoms with E-state index in [2.05, 4.69) is 40.9 Å². The Bertz CT molecular complexity index is 1570. The minimum atomic E-state index is -1.23. The van der Waals surface area contributed by atoms with Crippen LogP contribution in [0.3, 0.4) is 0 Å². The quantitative estimate of drug-likeness (QED) is 0.0925. The molecule has 0 saturated carbocycles. The molecule has 50 heavy (non-hydrogen) atoms. The Hall–Kier alpha value is -3.85. The molecule has 0 aliphatic heterocycles. The van der Waals surface area contributed by atoms with Crippen molar-refractivity contribution in [2.45, 2.75) is 94.5 Å². The third-order valence-corrected chi connectivity index (χ3v) is 10.2. The zero-order valence-electron chi connectivity index (χ0n) is 28.9. The van der Waals surface area contributed by atoms with Gasteiger partial charge < -0.3 is 45.7 Å². The number of fused-ring (bicyclic) bond motifs is 1. The molecule has 3 aromatic rings. The molecule has 0 amide bonds. The van der Waals surface area contributed by atoms with Crippen LogP contribution in [0.15, 0.2) is 67.0 Å². The maximum atomic E-state index is 11.8. The fourth-order valence-corrected chi connectivity index (χ4v) is 7.42. The van der Waals surface area contributed by atoms with E-state index in [1.807, 2.05) is 30.5 Å². The minimum absolute atomic E-state index is 0.0857. The molecule has 8 N–H and O–H groups in total. The number of nitrogen functional groups attached to an aromatic ring is 1. The van der Waals surface area contributed by atoms with Crippen LogP contribution in [-0.4, -0.2) is 79.7 Å². The standard InChI is InChI=1S/C40H53N3O7/c1-2-26-6-3-4-8-36(49-19-18-44)40-27(10-9-26)11-12-28(21-34(40)47)29-13-14-33(46)37(22-29)50-38(35(48)25-45)23-31(20-32-7-5-16-42-32)30-15-17-43-39(41)24-30/h5,7,11-17,22,24,26-28,31,34-36,38,40,42,44-48H,2-4,6,8,18-21,23,25H2,1H3,(H2,41,43)/t26-,27-,28+,31+,34-,35-,36+,38-,40+/m1/s1. The largest absolute Gasteiger partial charge is 0.504 e. The molecular formula is C40H53N3O7. The number of phenols is 1. The molecule has 0 radical (unpaired) electrons. The van der Waals surface area contributed by atoms with Crippen LogP contribution in [0.5, 0.6) is 11.5 Å². The fourth-order valence-electron chi connectivity index (χ4n) is 7.42. The molecule has 0 bridgehead atoms. The number of anilines is 1. The van der Waals surface area contributed by atoms with E-state index in [0.717, 1.165) is 48.9 Å². The van der Waals surface area contributed by atoms with E-state index in [1.165, 1.54) is 0 Å². The molecule has 10 heteroatoms. The SMILES string of the molecule is CC[C@H]1C#C[C@@H]2C=C[C@H](c3ccc(O)c(O[C@H](C[C@H](Cc4ccc[nH]4)c4ccnc(N)c4)[C@H](O)CO)c3)C[C@@H](O)[C@H]2[C@@H](OCCO)CCCC1. The number of hydrogen-bond acceptors (Lipinski definition) is 9. The summed E-state index contributed by atoms with van der Waals surface area (Å²) in [5.41, 5.74) is 8.75. The molecule has 5 rings (SSSR count). The van der Waals surface area contributed by atoms with Gasteiger partial charge in [-0.3, -0.25) is 0 Å². The highest BCUT2D eigenvalue weighted by Crippen LogP contribution is 2.40. The van der Waals surface area contributed by atoms with Gasteiger partial charge in [-0.2, -0.15) is 0 Å². The van der Waals surface area contributed by atoms with Crippen LogP contribution in [0.4, 0.5) is 5.82 Å². The zero-order chi connectivity index (χ0) is 35.5. The number of aromatic hydroxyl groups is 1. The number of phenolic OH excluding ortho intramolecular Hbond substituents is 1. The predicted molar refractivity (Wildman–Crippen MR) is 192 cm³/mol. The van der Waals surface area contributed by atoms with Crippen LogP contribution in [-0.2, 0) is 11.2 Å². The first kappa shape index (κ1) is 37.4. The number of rotatable bonds is 14. The maximum Gasteiger partial charge on any atom is 0.161 e. The second-order valence-electron chi connectivity index (χ2n) is 13.7. The Morgan fingerprint density at radius 3 is 2.66 bits per heavy atom. The number of nitrogens with two attached hydrogens (primary N) is 1. The van der Waals surface area contributed by atoms with E-state index in [4.69, 9.17) is 15.2 Å². The highest BCUT2D eigenvalue weighted by molar-refractivity contribution is 5.44. The van der Waals surface area contributed by atoms with Gasteiger partial charge in [-0.25, -0.2) is 4.98 Å². The van der Waals surface area contributed by atoms with Crippen molar-refractivity contribution in [2.75, 3.05) is 25.6 Å². The highest BCUT2D eigenvalue weighted by atomic mass is 16.5. The summed E-state index contributed by atoms with van der Waals surface area (Å²) in [5.74, 6) is 6.89. The van der Waals surface area contributed by atoms with Gasteiger partial charge in [-0.1, -0.05) is 49.8 Å². The van der Waals surface area contributed by atoms with Gasteiger partial charge in [0.25, 0.3) is 0 Å². The number of ether oxygens (including phenoxy) is 2. The number of nitrogens with zero attached hydrogens (tertiary/aromatic N) is 1. The topological polar surface area (TPSA) is 174 Å². The van der Waals surface area contributed by atoms with Gasteiger partial charge >= 0.3 is 0 Å². The average molecular weight is 688 g/mol. The number of nitrogens with one attached hydrogen (secondary N) is 1. The normalized spacial score (nSPS) is 25.7. The zero-order valence-corrected chi connectivity index (χ0v) is 28.9. The smallest absolute Gasteiger partial charge is 0.161 e. The molecule has 2 aliphatic rings. The Balaban J connectivity index is 1.42. The van der Waals surface area contributed by atoms with Gasteiger partial charge in [0.15, 0.2) is 11.5 Å². The number of benzene rings is 1. The number of aliphatic hydroxyl groups is 4. The molecule has 0 unspecified atom stereocenters. The highest BCUT2D eigenvalue weighted by Gasteiger charge is 2.38. The Labute approximate surface area is 295 Å². The van der Waals surface area contributed by atoms with E-state index in [-0.39, 0.29) is 54.5 Å². The summed E-state index contributed by atoms with van der Waals surface area (Å²) in [6.07, 6.45) is 10.7. The van der Waals surface area contributed by atoms with Gasteiger partial charge in [0.2, 0.25) is 0 Å². The summed E-state index contributed by atoms with van der Waals surface area (Å²) >= 11 is 0. The average Bonchev–Trinajstić information content (AvgIpc) is 3.58. The molecule has 0 spiro atoms. The second-order valence-corrected chi connectivity index (χ2v) is 13.7. The predicted octanol–water partition coefficient (Wildman–Crippen LogP) is 4.83. The number of aromatic amines is 1. The van der Waals surface area contributed by atoms with E-state index >= 15 is 0 Å². The third kappa shape index (κ3) is 9.89. The number of pyridine rings is 1. The summed E-state index contributed by atoms with van der Waals surface area (Å²) in [5, 5.41) is 53.3. The molecule has 0 fully saturated rings. The maximum absolute atomic E-state index is 11.8. The third-order valence-electron chi connectivity index (χ3n) is 10.2. The summed E-state index contributed by atoms with van der Waals surface area (Å²) < 4.78 is 12.5. The molecule has 1 aromatic carbocycles. The van der Waals surface area contributed by atoms with E-state index in [1.54, 1.807) is 24.4 Å². The van der Waals surface area contributed by atoms with Gasteiger partial charge in [0.05, 0.1) is 32.0 Å². The summed E-state index contributed by atoms with van der Waals surface area (Å²) in [6, 6.07) is 12.7. The fraction of sp³-hybridized carbons (Fsp3) is 0.525. The van der Waals surface area contributed by atoms with E-state index in [0.29, 0.717) is 31.0 Å². The number of allylic oxidation sites excluding steroid dienone is 2. The molecule has 270 valence electrons. The van der Waals surface area contributed by atoms with Gasteiger partial charge in [0, 0.05) is 41.8 Å². The van der Waals surface area contributed by atoms with Crippen LogP contribution in [0, 0.1) is 29.6 Å². The minimum Gasteiger partial charge on any atom is -0.504 e. The lowest BCUT2D eigenvalue weighted by atomic mass is 9.79. The monoisotopic (exact) mass is 687 g/mol. The molecular weight excluding hydrogens is 634 g/mol. The van der Waals surface area contributed by atoms with Crippen molar-refractivity contribution in [1.82, 2.24) is 9.97 Å². The second kappa shape index (κ2) is 18.4. The molecule has 2 heterocycles. The number of aromatic nitrogens is 2. The van der Waals surface area contributed by atoms with Gasteiger partial charge in [-0.15, -0.1) is 0 Å². The van der Waals surface area contributed by atoms with E-state index < -0.39 is 24.9 Å². The van der Waals surface area contributed by atoms with Crippen LogP contribution >= 0.6 is 0 Å². The summed E-state index contributed by atoms with van der Waals surface area (Å²) in [4.78, 5) is 7.36. The first-order valence-corrected chi connectivity index (χ1v) is 18.0. The van der Waals surface area contributed by atoms with Crippen molar-refractivity contribution in [1.29, 1.82) is 0 Å². The van der Waals surface area contributed by atoms with Crippen molar-refractivity contribution in [2.24, 2.45) is 17.8 Å². The van der Waals surface area contributed by atoms with Crippen molar-refractivity contribution >= 4 is 5.82 Å². The van der Waals surface area contributed by atoms with E-state index in [9.17, 15) is 25.5 Å². The van der Waals surface area contributed by atoms with Crippen molar-refractivity contribution in [3.63, 3.8) is 0 Å². The number of hydrogen-bond donors (Lipinski definition) is 7. The lowest BCUT2D eigenvalue weighted by molar-refractivity contribution is -0.0602. The van der Waals surface area contributed by atoms with Crippen LogP contribution in [0.25, 0.3) is 0 Å². The molecule has 2 aromatic heterocycles. The first-order valence-electron chi connectivity index (χ1n) is 18.0. The van der Waals surface area contributed by atoms with Crippen LogP contribution < -0.4 is 10.5 Å². The van der Waals surface area contributed by atoms with Gasteiger partial charge in [0.1, 0.15) is 18.0 Å². The van der Waals surface area contributed by atoms with Crippen LogP contribution in [0.1, 0.15) is 80.5 Å². The molecule has 0 saturated heterocycles. The molecule has 9 atom stereocenters. The van der Waals surface area contributed by atoms with Crippen molar-refractivity contribution < 1.29 is 35.0 Å². The Morgan fingerprint density at radius 2 is 1.92 bits per heavy atom. The lowest BCUT2D eigenvalue weighted by Gasteiger charge is -2.34. The van der Waals surface area contributed by atoms with Crippen LogP contribution in [0.2, 0.25) is 0 Å². The lowest BCUT2D eigenvalue weighted by Crippen LogP contribution is -2.39. The van der Waals surface area contributed by atoms with Gasteiger partial charge in [-0.05, 0) is 92.0 Å². The van der Waals surface area contributed by atoms with Crippen molar-refractivity contribution in [3.05, 3.63) is 83.8 Å². The summed E-state index contributed by atoms with van der Waals surface area (Å²) in [7, 11) is 0. The Kier molecular flexibility index (Phi) is 13.8. The number of H-pyrrole nitrogens is 1. The summed E-state index contributed by atoms with van der Waals surface area (Å²) in [6.45, 7) is 1.75. The van der Waals surface area contributed by atoms with Crippen molar-refractivity contribution in [3.8, 4) is 23.3 Å².